The maximum Gasteiger partial charge on any atom is 0.253 e. The number of ether oxygens (including phenoxy) is 2. The highest BCUT2D eigenvalue weighted by Crippen LogP contribution is 2.14. The number of rotatable bonds is 8. The summed E-state index contributed by atoms with van der Waals surface area (Å²) >= 11 is 0. The van der Waals surface area contributed by atoms with Crippen molar-refractivity contribution in [2.75, 3.05) is 32.2 Å². The molecule has 0 spiro atoms. The number of anilines is 1. The molecular weight excluding hydrogens is 272 g/mol. The molecule has 2 amide bonds. The second kappa shape index (κ2) is 9.10. The van der Waals surface area contributed by atoms with Crippen LogP contribution in [0.5, 0.6) is 0 Å². The number of amides is 2. The van der Waals surface area contributed by atoms with Crippen LogP contribution >= 0.6 is 0 Å². The molecule has 1 aromatic rings. The van der Waals surface area contributed by atoms with Gasteiger partial charge in [-0.3, -0.25) is 9.59 Å². The Morgan fingerprint density at radius 2 is 1.95 bits per heavy atom. The van der Waals surface area contributed by atoms with E-state index in [0.717, 1.165) is 0 Å². The third-order valence-corrected chi connectivity index (χ3v) is 2.59. The smallest absolute Gasteiger partial charge is 0.253 e. The van der Waals surface area contributed by atoms with Crippen LogP contribution in [0.3, 0.4) is 0 Å². The highest BCUT2D eigenvalue weighted by atomic mass is 16.5. The standard InChI is InChI=1S/C15H22N2O4/c1-11(2)21-10-14(18)17-13-7-5-4-6-12(13)15(19)16-8-9-20-3/h4-7,11H,8-10H2,1-3H3,(H,16,19)(H,17,18). The molecule has 116 valence electrons. The Morgan fingerprint density at radius 1 is 1.24 bits per heavy atom. The van der Waals surface area contributed by atoms with Crippen LogP contribution in [0.1, 0.15) is 24.2 Å². The molecule has 0 fully saturated rings. The maximum atomic E-state index is 12.0. The number of carbonyl (C=O) groups is 2. The predicted octanol–water partition coefficient (Wildman–Crippen LogP) is 1.43. The first-order chi connectivity index (χ1) is 10.0. The lowest BCUT2D eigenvalue weighted by Gasteiger charge is -2.12. The van der Waals surface area contributed by atoms with Gasteiger partial charge in [-0.05, 0) is 26.0 Å². The van der Waals surface area contributed by atoms with Crippen molar-refractivity contribution in [3.05, 3.63) is 29.8 Å². The van der Waals surface area contributed by atoms with E-state index in [0.29, 0.717) is 24.4 Å². The van der Waals surface area contributed by atoms with Crippen molar-refractivity contribution in [2.45, 2.75) is 20.0 Å². The normalized spacial score (nSPS) is 10.5. The van der Waals surface area contributed by atoms with Gasteiger partial charge in [0, 0.05) is 13.7 Å². The third-order valence-electron chi connectivity index (χ3n) is 2.59. The summed E-state index contributed by atoms with van der Waals surface area (Å²) in [5.41, 5.74) is 0.872. The molecule has 6 heteroatoms. The molecule has 0 unspecified atom stereocenters. The lowest BCUT2D eigenvalue weighted by molar-refractivity contribution is -0.121. The number of para-hydroxylation sites is 1. The number of hydrogen-bond acceptors (Lipinski definition) is 4. The van der Waals surface area contributed by atoms with Gasteiger partial charge in [0.15, 0.2) is 0 Å². The van der Waals surface area contributed by atoms with E-state index in [1.165, 1.54) is 0 Å². The summed E-state index contributed by atoms with van der Waals surface area (Å²) in [6.45, 7) is 4.50. The Kier molecular flexibility index (Phi) is 7.42. The molecule has 0 atom stereocenters. The number of carbonyl (C=O) groups excluding carboxylic acids is 2. The van der Waals surface area contributed by atoms with Crippen LogP contribution in [0.2, 0.25) is 0 Å². The quantitative estimate of drug-likeness (QED) is 0.711. The summed E-state index contributed by atoms with van der Waals surface area (Å²) < 4.78 is 10.1. The average Bonchev–Trinajstić information content (AvgIpc) is 2.46. The fraction of sp³-hybridized carbons (Fsp3) is 0.467. The number of hydrogen-bond donors (Lipinski definition) is 2. The fourth-order valence-electron chi connectivity index (χ4n) is 1.58. The van der Waals surface area contributed by atoms with Gasteiger partial charge in [0.1, 0.15) is 6.61 Å². The molecule has 0 aromatic heterocycles. The minimum atomic E-state index is -0.291. The summed E-state index contributed by atoms with van der Waals surface area (Å²) in [5, 5.41) is 5.40. The van der Waals surface area contributed by atoms with Crippen LogP contribution in [0, 0.1) is 0 Å². The van der Waals surface area contributed by atoms with Gasteiger partial charge in [0.25, 0.3) is 5.91 Å². The molecule has 0 saturated heterocycles. The van der Waals surface area contributed by atoms with E-state index >= 15 is 0 Å². The first kappa shape index (κ1) is 17.1. The largest absolute Gasteiger partial charge is 0.383 e. The molecule has 0 heterocycles. The molecule has 0 bridgehead atoms. The lowest BCUT2D eigenvalue weighted by Crippen LogP contribution is -2.28. The van der Waals surface area contributed by atoms with Crippen LogP contribution in [0.4, 0.5) is 5.69 Å². The zero-order valence-corrected chi connectivity index (χ0v) is 12.6. The van der Waals surface area contributed by atoms with Gasteiger partial charge in [-0.15, -0.1) is 0 Å². The van der Waals surface area contributed by atoms with Crippen LogP contribution in [-0.4, -0.2) is 44.8 Å². The number of nitrogens with one attached hydrogen (secondary N) is 2. The molecule has 6 nitrogen and oxygen atoms in total. The van der Waals surface area contributed by atoms with Gasteiger partial charge >= 0.3 is 0 Å². The van der Waals surface area contributed by atoms with Crippen molar-refractivity contribution in [3.8, 4) is 0 Å². The van der Waals surface area contributed by atoms with Crippen molar-refractivity contribution in [1.29, 1.82) is 0 Å². The van der Waals surface area contributed by atoms with Crippen molar-refractivity contribution >= 4 is 17.5 Å². The van der Waals surface area contributed by atoms with Gasteiger partial charge in [-0.25, -0.2) is 0 Å². The first-order valence-electron chi connectivity index (χ1n) is 6.82. The minimum Gasteiger partial charge on any atom is -0.383 e. The molecule has 0 aliphatic heterocycles. The Hall–Kier alpha value is -1.92. The summed E-state index contributed by atoms with van der Waals surface area (Å²) in [6, 6.07) is 6.83. The summed E-state index contributed by atoms with van der Waals surface area (Å²) in [5.74, 6) is -0.548. The van der Waals surface area contributed by atoms with E-state index in [-0.39, 0.29) is 24.5 Å². The van der Waals surface area contributed by atoms with Crippen LogP contribution in [0.15, 0.2) is 24.3 Å². The predicted molar refractivity (Wildman–Crippen MR) is 80.4 cm³/mol. The van der Waals surface area contributed by atoms with E-state index in [9.17, 15) is 9.59 Å². The molecular formula is C15H22N2O4. The average molecular weight is 294 g/mol. The van der Waals surface area contributed by atoms with E-state index in [2.05, 4.69) is 10.6 Å². The van der Waals surface area contributed by atoms with Gasteiger partial charge in [0.05, 0.1) is 24.0 Å². The maximum absolute atomic E-state index is 12.0. The van der Waals surface area contributed by atoms with Crippen LogP contribution in [0.25, 0.3) is 0 Å². The zero-order chi connectivity index (χ0) is 15.7. The second-order valence-electron chi connectivity index (χ2n) is 4.70. The molecule has 0 aliphatic carbocycles. The SMILES string of the molecule is COCCNC(=O)c1ccccc1NC(=O)COC(C)C. The van der Waals surface area contributed by atoms with Crippen molar-refractivity contribution < 1.29 is 19.1 Å². The molecule has 1 rings (SSSR count). The van der Waals surface area contributed by atoms with Crippen molar-refractivity contribution in [1.82, 2.24) is 5.32 Å². The zero-order valence-electron chi connectivity index (χ0n) is 12.6. The van der Waals surface area contributed by atoms with Gasteiger partial charge in [-0.2, -0.15) is 0 Å². The molecule has 1 aromatic carbocycles. The Labute approximate surface area is 124 Å². The van der Waals surface area contributed by atoms with E-state index in [1.54, 1.807) is 31.4 Å². The lowest BCUT2D eigenvalue weighted by atomic mass is 10.1. The minimum absolute atomic E-state index is 0.0247. The van der Waals surface area contributed by atoms with E-state index in [1.807, 2.05) is 13.8 Å². The number of benzene rings is 1. The Bertz CT molecular complexity index is 474. The van der Waals surface area contributed by atoms with Crippen molar-refractivity contribution in [2.24, 2.45) is 0 Å². The topological polar surface area (TPSA) is 76.7 Å². The Balaban J connectivity index is 2.66. The monoisotopic (exact) mass is 294 g/mol. The first-order valence-corrected chi connectivity index (χ1v) is 6.82. The van der Waals surface area contributed by atoms with Gasteiger partial charge < -0.3 is 20.1 Å². The summed E-state index contributed by atoms with van der Waals surface area (Å²) in [6.07, 6.45) is -0.0247. The van der Waals surface area contributed by atoms with E-state index < -0.39 is 0 Å². The second-order valence-corrected chi connectivity index (χ2v) is 4.70. The van der Waals surface area contributed by atoms with Crippen LogP contribution in [-0.2, 0) is 14.3 Å². The molecule has 0 saturated carbocycles. The molecule has 0 radical (unpaired) electrons. The van der Waals surface area contributed by atoms with Gasteiger partial charge in [-0.1, -0.05) is 12.1 Å². The van der Waals surface area contributed by atoms with E-state index in [4.69, 9.17) is 9.47 Å². The summed E-state index contributed by atoms with van der Waals surface area (Å²) in [7, 11) is 1.56. The highest BCUT2D eigenvalue weighted by molar-refractivity contribution is 6.03. The molecule has 21 heavy (non-hydrogen) atoms. The Morgan fingerprint density at radius 3 is 2.62 bits per heavy atom. The van der Waals surface area contributed by atoms with Gasteiger partial charge in [0.2, 0.25) is 5.91 Å². The molecule has 0 aliphatic rings. The molecule has 2 N–H and O–H groups in total. The summed E-state index contributed by atoms with van der Waals surface area (Å²) in [4.78, 5) is 23.8. The highest BCUT2D eigenvalue weighted by Gasteiger charge is 2.12. The van der Waals surface area contributed by atoms with Crippen molar-refractivity contribution in [3.63, 3.8) is 0 Å². The number of methoxy groups -OCH3 is 1. The van der Waals surface area contributed by atoms with Crippen LogP contribution < -0.4 is 10.6 Å². The third kappa shape index (κ3) is 6.37. The fourth-order valence-corrected chi connectivity index (χ4v) is 1.58.